The molecule has 0 fully saturated rings. The van der Waals surface area contributed by atoms with Crippen LogP contribution in [0.1, 0.15) is 16.7 Å². The van der Waals surface area contributed by atoms with E-state index < -0.39 is 0 Å². The molecule has 5 nitrogen and oxygen atoms in total. The highest BCUT2D eigenvalue weighted by molar-refractivity contribution is 9.10. The first-order valence-corrected chi connectivity index (χ1v) is 8.30. The lowest BCUT2D eigenvalue weighted by Crippen LogP contribution is -2.27. The average Bonchev–Trinajstić information content (AvgIpc) is 2.84. The number of hydrogen-bond donors (Lipinski definition) is 2. The Kier molecular flexibility index (Phi) is 5.55. The molecule has 21 heavy (non-hydrogen) atoms. The van der Waals surface area contributed by atoms with Crippen molar-refractivity contribution in [1.29, 1.82) is 0 Å². The van der Waals surface area contributed by atoms with Crippen LogP contribution in [-0.4, -0.2) is 27.5 Å². The van der Waals surface area contributed by atoms with Crippen molar-refractivity contribution in [3.8, 4) is 0 Å². The van der Waals surface area contributed by atoms with Gasteiger partial charge in [0.25, 0.3) is 5.56 Å². The second-order valence-electron chi connectivity index (χ2n) is 4.89. The van der Waals surface area contributed by atoms with Gasteiger partial charge in [-0.15, -0.1) is 11.3 Å². The molecule has 0 radical (unpaired) electrons. The number of halogens is 1. The topological polar surface area (TPSA) is 67.2 Å². The van der Waals surface area contributed by atoms with E-state index in [9.17, 15) is 4.79 Å². The molecule has 1 unspecified atom stereocenters. The van der Waals surface area contributed by atoms with Crippen LogP contribution in [-0.2, 0) is 13.0 Å². The van der Waals surface area contributed by atoms with E-state index in [1.807, 2.05) is 0 Å². The number of aliphatic hydroxyl groups excluding tert-OH is 1. The molecule has 114 valence electrons. The molecular weight excluding hydrogens is 354 g/mol. The summed E-state index contributed by atoms with van der Waals surface area (Å²) in [6, 6.07) is 4.43. The maximum atomic E-state index is 12.0. The van der Waals surface area contributed by atoms with Gasteiger partial charge in [0, 0.05) is 22.2 Å². The van der Waals surface area contributed by atoms with Gasteiger partial charge in [-0.25, -0.2) is 4.68 Å². The summed E-state index contributed by atoms with van der Waals surface area (Å²) in [5.74, 6) is 0. The first-order chi connectivity index (χ1) is 10.0. The standard InChI is InChI=1S/C14H18BrN3O2S/c1-9(7-11-4-3-10(2)21-11)17-12-8-16-18(5-6-19)14(20)13(12)15/h3-4,8-9,17,19H,5-7H2,1-2H3. The van der Waals surface area contributed by atoms with Crippen molar-refractivity contribution < 1.29 is 5.11 Å². The Labute approximate surface area is 135 Å². The maximum absolute atomic E-state index is 12.0. The molecule has 2 heterocycles. The normalized spacial score (nSPS) is 12.4. The van der Waals surface area contributed by atoms with Gasteiger partial charge in [-0.2, -0.15) is 5.10 Å². The Morgan fingerprint density at radius 3 is 2.90 bits per heavy atom. The molecule has 0 saturated carbocycles. The number of hydrogen-bond acceptors (Lipinski definition) is 5. The lowest BCUT2D eigenvalue weighted by molar-refractivity contribution is 0.266. The van der Waals surface area contributed by atoms with Gasteiger partial charge in [0.15, 0.2) is 0 Å². The third-order valence-corrected chi connectivity index (χ3v) is 4.79. The fraction of sp³-hybridized carbons (Fsp3) is 0.429. The van der Waals surface area contributed by atoms with E-state index >= 15 is 0 Å². The van der Waals surface area contributed by atoms with Crippen LogP contribution >= 0.6 is 27.3 Å². The minimum Gasteiger partial charge on any atom is -0.394 e. The molecule has 0 aliphatic carbocycles. The lowest BCUT2D eigenvalue weighted by atomic mass is 10.2. The quantitative estimate of drug-likeness (QED) is 0.817. The van der Waals surface area contributed by atoms with Crippen molar-refractivity contribution in [3.05, 3.63) is 42.9 Å². The molecule has 0 bridgehead atoms. The highest BCUT2D eigenvalue weighted by Gasteiger charge is 2.12. The summed E-state index contributed by atoms with van der Waals surface area (Å²) in [4.78, 5) is 14.6. The van der Waals surface area contributed by atoms with Crippen molar-refractivity contribution >= 4 is 33.0 Å². The van der Waals surface area contributed by atoms with Crippen LogP contribution in [0.2, 0.25) is 0 Å². The van der Waals surface area contributed by atoms with Crippen molar-refractivity contribution in [2.24, 2.45) is 0 Å². The van der Waals surface area contributed by atoms with E-state index in [-0.39, 0.29) is 24.8 Å². The summed E-state index contributed by atoms with van der Waals surface area (Å²) in [6.45, 7) is 4.25. The van der Waals surface area contributed by atoms with Crippen molar-refractivity contribution in [3.63, 3.8) is 0 Å². The van der Waals surface area contributed by atoms with Gasteiger partial charge in [0.1, 0.15) is 4.47 Å². The minimum absolute atomic E-state index is 0.111. The van der Waals surface area contributed by atoms with Crippen LogP contribution in [0.5, 0.6) is 0 Å². The molecule has 2 aromatic rings. The molecule has 0 aliphatic heterocycles. The van der Waals surface area contributed by atoms with E-state index in [4.69, 9.17) is 5.11 Å². The molecule has 0 spiro atoms. The zero-order valence-electron chi connectivity index (χ0n) is 12.0. The molecule has 0 saturated heterocycles. The van der Waals surface area contributed by atoms with Crippen molar-refractivity contribution in [2.75, 3.05) is 11.9 Å². The highest BCUT2D eigenvalue weighted by Crippen LogP contribution is 2.21. The van der Waals surface area contributed by atoms with Crippen LogP contribution in [0.25, 0.3) is 0 Å². The number of aryl methyl sites for hydroxylation is 1. The molecular formula is C14H18BrN3O2S. The van der Waals surface area contributed by atoms with Gasteiger partial charge in [-0.05, 0) is 41.9 Å². The van der Waals surface area contributed by atoms with Crippen molar-refractivity contribution in [1.82, 2.24) is 9.78 Å². The van der Waals surface area contributed by atoms with Gasteiger partial charge in [-0.3, -0.25) is 4.79 Å². The summed E-state index contributed by atoms with van der Waals surface area (Å²) in [5.41, 5.74) is 0.434. The van der Waals surface area contributed by atoms with Gasteiger partial charge in [0.05, 0.1) is 25.0 Å². The number of nitrogens with one attached hydrogen (secondary N) is 1. The summed E-state index contributed by atoms with van der Waals surface area (Å²) in [6.07, 6.45) is 2.50. The summed E-state index contributed by atoms with van der Waals surface area (Å²) in [7, 11) is 0. The molecule has 1 atom stereocenters. The number of nitrogens with zero attached hydrogens (tertiary/aromatic N) is 2. The summed E-state index contributed by atoms with van der Waals surface area (Å²) < 4.78 is 1.68. The van der Waals surface area contributed by atoms with Gasteiger partial charge in [0.2, 0.25) is 0 Å². The molecule has 0 amide bonds. The van der Waals surface area contributed by atoms with E-state index in [0.29, 0.717) is 10.2 Å². The lowest BCUT2D eigenvalue weighted by Gasteiger charge is -2.16. The van der Waals surface area contributed by atoms with Crippen LogP contribution in [0.15, 0.2) is 27.6 Å². The van der Waals surface area contributed by atoms with Gasteiger partial charge in [-0.1, -0.05) is 0 Å². The minimum atomic E-state index is -0.242. The number of aromatic nitrogens is 2. The predicted molar refractivity (Wildman–Crippen MR) is 89.1 cm³/mol. The molecule has 0 aliphatic rings. The Hall–Kier alpha value is -1.18. The smallest absolute Gasteiger partial charge is 0.283 e. The number of anilines is 1. The van der Waals surface area contributed by atoms with Gasteiger partial charge >= 0.3 is 0 Å². The molecule has 2 N–H and O–H groups in total. The zero-order chi connectivity index (χ0) is 15.4. The summed E-state index contributed by atoms with van der Waals surface area (Å²) >= 11 is 5.09. The van der Waals surface area contributed by atoms with Crippen LogP contribution in [0.3, 0.4) is 0 Å². The van der Waals surface area contributed by atoms with Gasteiger partial charge < -0.3 is 10.4 Å². The summed E-state index contributed by atoms with van der Waals surface area (Å²) in [5, 5.41) is 16.2. The highest BCUT2D eigenvalue weighted by atomic mass is 79.9. The van der Waals surface area contributed by atoms with E-state index in [1.165, 1.54) is 14.4 Å². The average molecular weight is 372 g/mol. The number of aliphatic hydroxyl groups is 1. The third kappa shape index (κ3) is 4.15. The number of thiophene rings is 1. The fourth-order valence-corrected chi connectivity index (χ4v) is 3.47. The van der Waals surface area contributed by atoms with Crippen molar-refractivity contribution in [2.45, 2.75) is 32.9 Å². The molecule has 2 rings (SSSR count). The monoisotopic (exact) mass is 371 g/mol. The molecule has 0 aromatic carbocycles. The van der Waals surface area contributed by atoms with E-state index in [1.54, 1.807) is 17.5 Å². The van der Waals surface area contributed by atoms with E-state index in [2.05, 4.69) is 52.3 Å². The predicted octanol–water partition coefficient (Wildman–Crippen LogP) is 2.41. The Bertz CT molecular complexity index is 668. The van der Waals surface area contributed by atoms with Crippen LogP contribution < -0.4 is 10.9 Å². The first-order valence-electron chi connectivity index (χ1n) is 6.69. The van der Waals surface area contributed by atoms with Crippen LogP contribution in [0.4, 0.5) is 5.69 Å². The van der Waals surface area contributed by atoms with E-state index in [0.717, 1.165) is 6.42 Å². The molecule has 2 aromatic heterocycles. The van der Waals surface area contributed by atoms with Crippen LogP contribution in [0, 0.1) is 6.92 Å². The Morgan fingerprint density at radius 2 is 2.29 bits per heavy atom. The Balaban J connectivity index is 2.08. The Morgan fingerprint density at radius 1 is 1.52 bits per heavy atom. The second-order valence-corrected chi connectivity index (χ2v) is 7.05. The maximum Gasteiger partial charge on any atom is 0.283 e. The SMILES string of the molecule is Cc1ccc(CC(C)Nc2cnn(CCO)c(=O)c2Br)s1. The second kappa shape index (κ2) is 7.20. The third-order valence-electron chi connectivity index (χ3n) is 3.00. The zero-order valence-corrected chi connectivity index (χ0v) is 14.4. The largest absolute Gasteiger partial charge is 0.394 e. The molecule has 7 heteroatoms. The fourth-order valence-electron chi connectivity index (χ4n) is 2.03. The number of rotatable bonds is 6. The first kappa shape index (κ1) is 16.2.